The van der Waals surface area contributed by atoms with Gasteiger partial charge in [0.05, 0.1) is 7.11 Å². The van der Waals surface area contributed by atoms with Gasteiger partial charge >= 0.3 is 0 Å². The van der Waals surface area contributed by atoms with Gasteiger partial charge in [-0.15, -0.1) is 0 Å². The largest absolute Gasteiger partial charge is 0.497 e. The highest BCUT2D eigenvalue weighted by atomic mass is 16.5. The Morgan fingerprint density at radius 3 is 2.87 bits per heavy atom. The number of pyridine rings is 1. The SMILES string of the molecule is CC[C@H](Nc1cccc(OC)c1)C(=O)NCCc1cccnc1. The van der Waals surface area contributed by atoms with Crippen LogP contribution >= 0.6 is 0 Å². The van der Waals surface area contributed by atoms with E-state index in [1.54, 1.807) is 13.3 Å². The molecule has 0 spiro atoms. The Kier molecular flexibility index (Phi) is 6.41. The molecule has 2 N–H and O–H groups in total. The number of nitrogens with one attached hydrogen (secondary N) is 2. The molecule has 1 aromatic heterocycles. The highest BCUT2D eigenvalue weighted by molar-refractivity contribution is 5.84. The molecule has 1 atom stereocenters. The number of carbonyl (C=O) groups excluding carboxylic acids is 1. The van der Waals surface area contributed by atoms with Crippen molar-refractivity contribution < 1.29 is 9.53 Å². The Bertz CT molecular complexity index is 617. The molecule has 0 aliphatic carbocycles. The summed E-state index contributed by atoms with van der Waals surface area (Å²) in [7, 11) is 1.63. The minimum atomic E-state index is -0.268. The van der Waals surface area contributed by atoms with Crippen molar-refractivity contribution in [3.05, 3.63) is 54.4 Å². The van der Waals surface area contributed by atoms with E-state index in [1.165, 1.54) is 0 Å². The van der Waals surface area contributed by atoms with E-state index >= 15 is 0 Å². The second kappa shape index (κ2) is 8.78. The minimum absolute atomic E-state index is 0.000731. The molecule has 5 nitrogen and oxygen atoms in total. The lowest BCUT2D eigenvalue weighted by atomic mass is 10.1. The summed E-state index contributed by atoms with van der Waals surface area (Å²) in [5.41, 5.74) is 1.99. The summed E-state index contributed by atoms with van der Waals surface area (Å²) in [4.78, 5) is 16.4. The number of amides is 1. The Balaban J connectivity index is 1.85. The molecular formula is C18H23N3O2. The van der Waals surface area contributed by atoms with Gasteiger partial charge in [0.15, 0.2) is 0 Å². The first-order valence-corrected chi connectivity index (χ1v) is 7.80. The molecule has 0 saturated heterocycles. The molecule has 122 valence electrons. The first kappa shape index (κ1) is 16.8. The maximum Gasteiger partial charge on any atom is 0.242 e. The third-order valence-electron chi connectivity index (χ3n) is 3.57. The van der Waals surface area contributed by atoms with Crippen LogP contribution < -0.4 is 15.4 Å². The van der Waals surface area contributed by atoms with Crippen molar-refractivity contribution in [3.63, 3.8) is 0 Å². The zero-order chi connectivity index (χ0) is 16.5. The van der Waals surface area contributed by atoms with E-state index in [2.05, 4.69) is 15.6 Å². The summed E-state index contributed by atoms with van der Waals surface area (Å²) >= 11 is 0. The van der Waals surface area contributed by atoms with Gasteiger partial charge in [-0.3, -0.25) is 9.78 Å². The number of rotatable bonds is 8. The predicted octanol–water partition coefficient (Wildman–Crippen LogP) is 2.64. The number of ether oxygens (including phenoxy) is 1. The fraction of sp³-hybridized carbons (Fsp3) is 0.333. The van der Waals surface area contributed by atoms with Gasteiger partial charge in [-0.1, -0.05) is 19.1 Å². The molecule has 0 saturated carbocycles. The van der Waals surface area contributed by atoms with E-state index in [1.807, 2.05) is 49.5 Å². The molecule has 0 radical (unpaired) electrons. The molecule has 5 heteroatoms. The molecule has 2 aromatic rings. The second-order valence-electron chi connectivity index (χ2n) is 5.24. The van der Waals surface area contributed by atoms with Crippen LogP contribution in [0.25, 0.3) is 0 Å². The smallest absolute Gasteiger partial charge is 0.242 e. The highest BCUT2D eigenvalue weighted by Crippen LogP contribution is 2.18. The molecule has 2 rings (SSSR count). The summed E-state index contributed by atoms with van der Waals surface area (Å²) in [5.74, 6) is 0.765. The molecule has 1 heterocycles. The Labute approximate surface area is 137 Å². The van der Waals surface area contributed by atoms with Gasteiger partial charge in [0.25, 0.3) is 0 Å². The average molecular weight is 313 g/mol. The van der Waals surface area contributed by atoms with Crippen molar-refractivity contribution in [2.75, 3.05) is 19.0 Å². The van der Waals surface area contributed by atoms with Crippen LogP contribution in [0.5, 0.6) is 5.75 Å². The zero-order valence-corrected chi connectivity index (χ0v) is 13.6. The van der Waals surface area contributed by atoms with Crippen LogP contribution in [-0.4, -0.2) is 30.6 Å². The lowest BCUT2D eigenvalue weighted by molar-refractivity contribution is -0.121. The van der Waals surface area contributed by atoms with Gasteiger partial charge < -0.3 is 15.4 Å². The van der Waals surface area contributed by atoms with Crippen molar-refractivity contribution >= 4 is 11.6 Å². The summed E-state index contributed by atoms with van der Waals surface area (Å²) in [5, 5.41) is 6.22. The van der Waals surface area contributed by atoms with E-state index < -0.39 is 0 Å². The van der Waals surface area contributed by atoms with Crippen molar-refractivity contribution in [1.82, 2.24) is 10.3 Å². The first-order chi connectivity index (χ1) is 11.2. The summed E-state index contributed by atoms with van der Waals surface area (Å²) < 4.78 is 5.20. The minimum Gasteiger partial charge on any atom is -0.497 e. The lowest BCUT2D eigenvalue weighted by Crippen LogP contribution is -2.40. The topological polar surface area (TPSA) is 63.2 Å². The van der Waals surface area contributed by atoms with Crippen LogP contribution in [0.15, 0.2) is 48.8 Å². The highest BCUT2D eigenvalue weighted by Gasteiger charge is 2.15. The van der Waals surface area contributed by atoms with Crippen molar-refractivity contribution in [1.29, 1.82) is 0 Å². The number of benzene rings is 1. The summed E-state index contributed by atoms with van der Waals surface area (Å²) in [6.07, 6.45) is 5.04. The van der Waals surface area contributed by atoms with Crippen LogP contribution in [-0.2, 0) is 11.2 Å². The van der Waals surface area contributed by atoms with E-state index in [0.29, 0.717) is 13.0 Å². The van der Waals surface area contributed by atoms with Crippen LogP contribution in [0.3, 0.4) is 0 Å². The van der Waals surface area contributed by atoms with Gasteiger partial charge in [0.1, 0.15) is 11.8 Å². The van der Waals surface area contributed by atoms with Crippen LogP contribution in [0.1, 0.15) is 18.9 Å². The van der Waals surface area contributed by atoms with Crippen molar-refractivity contribution in [2.24, 2.45) is 0 Å². The van der Waals surface area contributed by atoms with Crippen molar-refractivity contribution in [3.8, 4) is 5.75 Å². The molecule has 0 bridgehead atoms. The van der Waals surface area contributed by atoms with E-state index in [0.717, 1.165) is 23.4 Å². The lowest BCUT2D eigenvalue weighted by Gasteiger charge is -2.18. The molecule has 23 heavy (non-hydrogen) atoms. The Hall–Kier alpha value is -2.56. The number of nitrogens with zero attached hydrogens (tertiary/aromatic N) is 1. The van der Waals surface area contributed by atoms with Gasteiger partial charge in [-0.05, 0) is 36.6 Å². The number of hydrogen-bond donors (Lipinski definition) is 2. The van der Waals surface area contributed by atoms with Crippen LogP contribution in [0.2, 0.25) is 0 Å². The first-order valence-electron chi connectivity index (χ1n) is 7.80. The monoisotopic (exact) mass is 313 g/mol. The van der Waals surface area contributed by atoms with Crippen LogP contribution in [0, 0.1) is 0 Å². The third kappa shape index (κ3) is 5.29. The normalized spacial score (nSPS) is 11.6. The molecule has 1 aromatic carbocycles. The predicted molar refractivity (Wildman–Crippen MR) is 91.6 cm³/mol. The maximum absolute atomic E-state index is 12.3. The van der Waals surface area contributed by atoms with Crippen molar-refractivity contribution in [2.45, 2.75) is 25.8 Å². The Morgan fingerprint density at radius 1 is 1.30 bits per heavy atom. The summed E-state index contributed by atoms with van der Waals surface area (Å²) in [6.45, 7) is 2.58. The molecule has 0 aliphatic heterocycles. The fourth-order valence-electron chi connectivity index (χ4n) is 2.27. The number of methoxy groups -OCH3 is 1. The molecule has 0 unspecified atom stereocenters. The Morgan fingerprint density at radius 2 is 2.17 bits per heavy atom. The van der Waals surface area contributed by atoms with Gasteiger partial charge in [-0.25, -0.2) is 0 Å². The maximum atomic E-state index is 12.3. The van der Waals surface area contributed by atoms with Gasteiger partial charge in [0, 0.05) is 30.7 Å². The second-order valence-corrected chi connectivity index (χ2v) is 5.24. The number of aromatic nitrogens is 1. The van der Waals surface area contributed by atoms with E-state index in [4.69, 9.17) is 4.74 Å². The number of carbonyl (C=O) groups is 1. The quantitative estimate of drug-likeness (QED) is 0.786. The zero-order valence-electron chi connectivity index (χ0n) is 13.6. The third-order valence-corrected chi connectivity index (χ3v) is 3.57. The number of anilines is 1. The molecule has 0 aliphatic rings. The van der Waals surface area contributed by atoms with Gasteiger partial charge in [0.2, 0.25) is 5.91 Å². The molecular weight excluding hydrogens is 290 g/mol. The van der Waals surface area contributed by atoms with E-state index in [9.17, 15) is 4.79 Å². The molecule has 0 fully saturated rings. The number of hydrogen-bond acceptors (Lipinski definition) is 4. The van der Waals surface area contributed by atoms with E-state index in [-0.39, 0.29) is 11.9 Å². The summed E-state index contributed by atoms with van der Waals surface area (Å²) in [6, 6.07) is 11.2. The standard InChI is InChI=1S/C18H23N3O2/c1-3-17(21-15-7-4-8-16(12-15)23-2)18(22)20-11-9-14-6-5-10-19-13-14/h4-8,10,12-13,17,21H,3,9,11H2,1-2H3,(H,20,22)/t17-/m0/s1. The molecule has 1 amide bonds. The average Bonchev–Trinajstić information content (AvgIpc) is 2.60. The van der Waals surface area contributed by atoms with Crippen LogP contribution in [0.4, 0.5) is 5.69 Å². The van der Waals surface area contributed by atoms with Gasteiger partial charge in [-0.2, -0.15) is 0 Å². The fourth-order valence-corrected chi connectivity index (χ4v) is 2.27.